The highest BCUT2D eigenvalue weighted by molar-refractivity contribution is 7.46. The zero-order valence-corrected chi connectivity index (χ0v) is 23.3. The van der Waals surface area contributed by atoms with Crippen molar-refractivity contribution in [2.24, 2.45) is 0 Å². The average Bonchev–Trinajstić information content (AvgIpc) is 3.04. The second-order valence-corrected chi connectivity index (χ2v) is 11.3. The van der Waals surface area contributed by atoms with Crippen molar-refractivity contribution in [2.45, 2.75) is 6.16 Å². The van der Waals surface area contributed by atoms with Crippen LogP contribution in [0.15, 0.2) is 182 Å². The SMILES string of the molecule is c1ccc(C[PH2+]c2ccccc2)cc1.c1ccc([B-](c2ccccc2)(c2ccccc2)c2ccccc2)cc1. The van der Waals surface area contributed by atoms with Crippen molar-refractivity contribution < 1.29 is 0 Å². The van der Waals surface area contributed by atoms with Crippen molar-refractivity contribution in [3.63, 3.8) is 0 Å². The lowest BCUT2D eigenvalue weighted by molar-refractivity contribution is 1.41. The van der Waals surface area contributed by atoms with Gasteiger partial charge >= 0.3 is 0 Å². The smallest absolute Gasteiger partial charge is 0.108 e. The van der Waals surface area contributed by atoms with Gasteiger partial charge in [0.25, 0.3) is 0 Å². The summed E-state index contributed by atoms with van der Waals surface area (Å²) in [6, 6.07) is 65.0. The Balaban J connectivity index is 0.000000186. The fourth-order valence-corrected chi connectivity index (χ4v) is 6.80. The largest absolute Gasteiger partial charge is 0.195 e. The first-order valence-electron chi connectivity index (χ1n) is 13.7. The van der Waals surface area contributed by atoms with Crippen LogP contribution in [0.5, 0.6) is 0 Å². The Hall–Kier alpha value is -4.19. The second kappa shape index (κ2) is 13.6. The number of benzene rings is 6. The van der Waals surface area contributed by atoms with Gasteiger partial charge in [0.15, 0.2) is 0 Å². The summed E-state index contributed by atoms with van der Waals surface area (Å²) in [7, 11) is 0.386. The van der Waals surface area contributed by atoms with Gasteiger partial charge in [0.2, 0.25) is 0 Å². The maximum atomic E-state index is 2.26. The van der Waals surface area contributed by atoms with Gasteiger partial charge in [-0.2, -0.15) is 21.9 Å². The number of hydrogen-bond acceptors (Lipinski definition) is 0. The summed E-state index contributed by atoms with van der Waals surface area (Å²) in [5, 5.41) is 1.50. The first-order valence-corrected chi connectivity index (χ1v) is 15.1. The van der Waals surface area contributed by atoms with E-state index >= 15 is 0 Å². The van der Waals surface area contributed by atoms with E-state index in [4.69, 9.17) is 0 Å². The summed E-state index contributed by atoms with van der Waals surface area (Å²) in [6.45, 7) is 0. The van der Waals surface area contributed by atoms with E-state index in [2.05, 4.69) is 182 Å². The molecule has 0 aliphatic rings. The van der Waals surface area contributed by atoms with Gasteiger partial charge in [-0.05, 0) is 17.7 Å². The zero-order chi connectivity index (χ0) is 26.6. The third-order valence-electron chi connectivity index (χ3n) is 7.41. The van der Waals surface area contributed by atoms with Crippen LogP contribution in [0.3, 0.4) is 0 Å². The molecule has 0 aliphatic carbocycles. The summed E-state index contributed by atoms with van der Waals surface area (Å²) in [5.41, 5.74) is 6.81. The monoisotopic (exact) mass is 520 g/mol. The minimum absolute atomic E-state index is 0.386. The summed E-state index contributed by atoms with van der Waals surface area (Å²) >= 11 is 0. The molecule has 0 radical (unpaired) electrons. The number of hydrogen-bond donors (Lipinski definition) is 0. The zero-order valence-electron chi connectivity index (χ0n) is 22.2. The molecule has 0 saturated carbocycles. The van der Waals surface area contributed by atoms with Crippen molar-refractivity contribution in [2.75, 3.05) is 0 Å². The van der Waals surface area contributed by atoms with E-state index in [0.29, 0.717) is 8.58 Å². The molecule has 0 amide bonds. The minimum Gasteiger partial charge on any atom is -0.195 e. The molecule has 39 heavy (non-hydrogen) atoms. The molecular weight excluding hydrogens is 486 g/mol. The van der Waals surface area contributed by atoms with Gasteiger partial charge in [-0.15, -0.1) is 0 Å². The van der Waals surface area contributed by atoms with Gasteiger partial charge in [-0.1, -0.05) is 170 Å². The Bertz CT molecular complexity index is 1300. The maximum absolute atomic E-state index is 2.26. The Morgan fingerprint density at radius 3 is 0.949 bits per heavy atom. The fourth-order valence-electron chi connectivity index (χ4n) is 5.56. The lowest BCUT2D eigenvalue weighted by Gasteiger charge is -2.44. The molecule has 2 heteroatoms. The van der Waals surface area contributed by atoms with E-state index in [1.54, 1.807) is 0 Å². The summed E-state index contributed by atoms with van der Waals surface area (Å²) in [6.07, 6.45) is -0.00241. The van der Waals surface area contributed by atoms with Crippen molar-refractivity contribution >= 4 is 41.9 Å². The molecule has 190 valence electrons. The van der Waals surface area contributed by atoms with Crippen LogP contribution >= 0.6 is 8.58 Å². The van der Waals surface area contributed by atoms with Crippen LogP contribution in [-0.2, 0) is 6.16 Å². The average molecular weight is 520 g/mol. The van der Waals surface area contributed by atoms with Crippen LogP contribution in [0.2, 0.25) is 0 Å². The Labute approximate surface area is 235 Å². The highest BCUT2D eigenvalue weighted by Crippen LogP contribution is 2.17. The lowest BCUT2D eigenvalue weighted by Crippen LogP contribution is -2.74. The van der Waals surface area contributed by atoms with E-state index in [0.717, 1.165) is 0 Å². The van der Waals surface area contributed by atoms with E-state index in [9.17, 15) is 0 Å². The van der Waals surface area contributed by atoms with Gasteiger partial charge in [0.05, 0.1) is 11.5 Å². The fraction of sp³-hybridized carbons (Fsp3) is 0.0270. The van der Waals surface area contributed by atoms with Crippen LogP contribution in [-0.4, -0.2) is 6.15 Å². The molecule has 0 spiro atoms. The van der Waals surface area contributed by atoms with Gasteiger partial charge in [0.1, 0.15) is 6.15 Å². The molecule has 1 unspecified atom stereocenters. The molecular formula is C37H34BP. The molecule has 6 aromatic rings. The second-order valence-electron chi connectivity index (χ2n) is 9.81. The minimum atomic E-state index is -1.22. The molecule has 0 nitrogen and oxygen atoms in total. The third kappa shape index (κ3) is 6.46. The van der Waals surface area contributed by atoms with Crippen LogP contribution in [0.25, 0.3) is 0 Å². The summed E-state index contributed by atoms with van der Waals surface area (Å²) in [4.78, 5) is 0. The summed E-state index contributed by atoms with van der Waals surface area (Å²) in [5.74, 6) is 0. The summed E-state index contributed by atoms with van der Waals surface area (Å²) < 4.78 is 0. The topological polar surface area (TPSA) is 0 Å². The molecule has 0 saturated heterocycles. The molecule has 1 atom stereocenters. The predicted molar refractivity (Wildman–Crippen MR) is 176 cm³/mol. The lowest BCUT2D eigenvalue weighted by atomic mass is 9.13. The maximum Gasteiger partial charge on any atom is 0.108 e. The Morgan fingerprint density at radius 1 is 0.333 bits per heavy atom. The van der Waals surface area contributed by atoms with Crippen molar-refractivity contribution in [3.8, 4) is 0 Å². The standard InChI is InChI=1S/C24H20B.C13H13P/c1-5-13-21(14-6-1)25(22-15-7-2-8-16-22,23-17-9-3-10-18-23)24-19-11-4-12-20-24;1-3-7-12(8-4-1)11-14-13-9-5-2-6-10-13/h1-20H;1-10,14H,11H2/q-1;/p+1. The van der Waals surface area contributed by atoms with Crippen LogP contribution < -0.4 is 27.2 Å². The molecule has 0 N–H and O–H groups in total. The van der Waals surface area contributed by atoms with Crippen LogP contribution in [0, 0.1) is 0 Å². The molecule has 0 aromatic heterocycles. The van der Waals surface area contributed by atoms with Crippen molar-refractivity contribution in [1.82, 2.24) is 0 Å². The van der Waals surface area contributed by atoms with E-state index in [1.165, 1.54) is 38.9 Å². The molecule has 0 fully saturated rings. The molecule has 6 rings (SSSR count). The van der Waals surface area contributed by atoms with Crippen molar-refractivity contribution in [3.05, 3.63) is 188 Å². The van der Waals surface area contributed by atoms with E-state index in [-0.39, 0.29) is 0 Å². The first kappa shape index (κ1) is 26.4. The van der Waals surface area contributed by atoms with Crippen molar-refractivity contribution in [1.29, 1.82) is 0 Å². The molecule has 0 bridgehead atoms. The third-order valence-corrected chi connectivity index (χ3v) is 8.95. The van der Waals surface area contributed by atoms with Gasteiger partial charge in [-0.25, -0.2) is 0 Å². The Morgan fingerprint density at radius 2 is 0.615 bits per heavy atom. The van der Waals surface area contributed by atoms with Gasteiger partial charge < -0.3 is 0 Å². The number of rotatable bonds is 7. The first-order chi connectivity index (χ1) is 19.4. The normalized spacial score (nSPS) is 11.1. The molecule has 0 aliphatic heterocycles. The van der Waals surface area contributed by atoms with Gasteiger partial charge in [0, 0.05) is 8.58 Å². The quantitative estimate of drug-likeness (QED) is 0.179. The van der Waals surface area contributed by atoms with E-state index < -0.39 is 6.15 Å². The van der Waals surface area contributed by atoms with Crippen LogP contribution in [0.1, 0.15) is 5.56 Å². The van der Waals surface area contributed by atoms with Gasteiger partial charge in [-0.3, -0.25) is 0 Å². The van der Waals surface area contributed by atoms with E-state index in [1.807, 2.05) is 0 Å². The Kier molecular flexibility index (Phi) is 9.19. The predicted octanol–water partition coefficient (Wildman–Crippen LogP) is 5.99. The molecule has 0 heterocycles. The highest BCUT2D eigenvalue weighted by Gasteiger charge is 2.31. The molecule has 6 aromatic carbocycles. The highest BCUT2D eigenvalue weighted by atomic mass is 31.1. The van der Waals surface area contributed by atoms with Crippen LogP contribution in [0.4, 0.5) is 0 Å².